The minimum absolute atomic E-state index is 0.193. The summed E-state index contributed by atoms with van der Waals surface area (Å²) in [4.78, 5) is 2.52. The molecule has 1 fully saturated rings. The fourth-order valence-corrected chi connectivity index (χ4v) is 3.33. The topological polar surface area (TPSA) is 33.7 Å². The van der Waals surface area contributed by atoms with E-state index in [9.17, 15) is 0 Å². The van der Waals surface area contributed by atoms with Gasteiger partial charge in [0.15, 0.2) is 0 Å². The molecule has 1 aliphatic rings. The second-order valence-corrected chi connectivity index (χ2v) is 5.93. The summed E-state index contributed by atoms with van der Waals surface area (Å²) in [5.74, 6) is 1.86. The summed E-state index contributed by atoms with van der Waals surface area (Å²) in [6.45, 7) is 6.77. The molecule has 4 heteroatoms. The molecule has 1 unspecified atom stereocenters. The molecule has 24 heavy (non-hydrogen) atoms. The zero-order valence-corrected chi connectivity index (χ0v) is 14.5. The molecule has 1 aliphatic heterocycles. The number of methoxy groups -OCH3 is 1. The van der Waals surface area contributed by atoms with E-state index in [0.717, 1.165) is 37.7 Å². The first kappa shape index (κ1) is 16.8. The summed E-state index contributed by atoms with van der Waals surface area (Å²) in [5, 5.41) is 3.43. The third-order valence-electron chi connectivity index (χ3n) is 4.46. The maximum Gasteiger partial charge on any atom is 0.123 e. The molecule has 1 heterocycles. The molecule has 0 amide bonds. The summed E-state index contributed by atoms with van der Waals surface area (Å²) in [6.07, 6.45) is 0. The van der Waals surface area contributed by atoms with E-state index in [2.05, 4.69) is 46.6 Å². The molecule has 1 atom stereocenters. The van der Waals surface area contributed by atoms with Gasteiger partial charge in [-0.2, -0.15) is 0 Å². The number of piperazine rings is 1. The van der Waals surface area contributed by atoms with Crippen LogP contribution >= 0.6 is 0 Å². The van der Waals surface area contributed by atoms with Crippen molar-refractivity contribution in [3.63, 3.8) is 0 Å². The largest absolute Gasteiger partial charge is 0.496 e. The average Bonchev–Trinajstić information content (AvgIpc) is 2.65. The van der Waals surface area contributed by atoms with E-state index in [4.69, 9.17) is 9.47 Å². The molecule has 0 spiro atoms. The summed E-state index contributed by atoms with van der Waals surface area (Å²) >= 11 is 0. The Morgan fingerprint density at radius 3 is 2.42 bits per heavy atom. The predicted octanol–water partition coefficient (Wildman–Crippen LogP) is 3.09. The molecule has 0 aromatic heterocycles. The van der Waals surface area contributed by atoms with Gasteiger partial charge < -0.3 is 14.8 Å². The van der Waals surface area contributed by atoms with Crippen LogP contribution in [0.2, 0.25) is 0 Å². The summed E-state index contributed by atoms with van der Waals surface area (Å²) in [5.41, 5.74) is 2.48. The van der Waals surface area contributed by atoms with Gasteiger partial charge in [-0.05, 0) is 30.7 Å². The highest BCUT2D eigenvalue weighted by molar-refractivity contribution is 5.43. The van der Waals surface area contributed by atoms with E-state index in [-0.39, 0.29) is 6.04 Å². The SMILES string of the molecule is CCOc1ccc(C(c2ccccc2OC)N2CCNCC2)cc1. The van der Waals surface area contributed by atoms with Crippen LogP contribution in [0.1, 0.15) is 24.1 Å². The normalized spacial score (nSPS) is 16.6. The first-order valence-electron chi connectivity index (χ1n) is 8.64. The molecular weight excluding hydrogens is 300 g/mol. The van der Waals surface area contributed by atoms with Crippen LogP contribution in [0.15, 0.2) is 48.5 Å². The van der Waals surface area contributed by atoms with Crippen molar-refractivity contribution in [1.82, 2.24) is 10.2 Å². The Morgan fingerprint density at radius 1 is 1.04 bits per heavy atom. The minimum Gasteiger partial charge on any atom is -0.496 e. The van der Waals surface area contributed by atoms with Crippen LogP contribution in [-0.4, -0.2) is 44.8 Å². The quantitative estimate of drug-likeness (QED) is 0.884. The number of nitrogens with zero attached hydrogens (tertiary/aromatic N) is 1. The average molecular weight is 326 g/mol. The monoisotopic (exact) mass is 326 g/mol. The van der Waals surface area contributed by atoms with Gasteiger partial charge in [0.05, 0.1) is 19.8 Å². The molecule has 0 radical (unpaired) electrons. The number of hydrogen-bond acceptors (Lipinski definition) is 4. The molecule has 3 rings (SSSR count). The molecule has 0 aliphatic carbocycles. The molecule has 1 saturated heterocycles. The van der Waals surface area contributed by atoms with Crippen LogP contribution in [0.3, 0.4) is 0 Å². The maximum absolute atomic E-state index is 5.63. The van der Waals surface area contributed by atoms with E-state index in [1.54, 1.807) is 7.11 Å². The van der Waals surface area contributed by atoms with Gasteiger partial charge in [0, 0.05) is 31.7 Å². The van der Waals surface area contributed by atoms with Crippen LogP contribution < -0.4 is 14.8 Å². The fraction of sp³-hybridized carbons (Fsp3) is 0.400. The Hall–Kier alpha value is -2.04. The zero-order valence-electron chi connectivity index (χ0n) is 14.5. The third-order valence-corrected chi connectivity index (χ3v) is 4.46. The Labute approximate surface area is 144 Å². The van der Waals surface area contributed by atoms with Crippen LogP contribution in [-0.2, 0) is 0 Å². The van der Waals surface area contributed by atoms with Crippen LogP contribution in [0.5, 0.6) is 11.5 Å². The number of ether oxygens (including phenoxy) is 2. The van der Waals surface area contributed by atoms with Crippen molar-refractivity contribution < 1.29 is 9.47 Å². The number of benzene rings is 2. The molecule has 0 saturated carbocycles. The molecular formula is C20H26N2O2. The molecule has 2 aromatic rings. The van der Waals surface area contributed by atoms with Gasteiger partial charge in [0.1, 0.15) is 11.5 Å². The lowest BCUT2D eigenvalue weighted by Crippen LogP contribution is -2.45. The highest BCUT2D eigenvalue weighted by Crippen LogP contribution is 2.35. The van der Waals surface area contributed by atoms with E-state index in [0.29, 0.717) is 6.61 Å². The summed E-state index contributed by atoms with van der Waals surface area (Å²) in [7, 11) is 1.74. The summed E-state index contributed by atoms with van der Waals surface area (Å²) < 4.78 is 11.2. The Bertz CT molecular complexity index is 636. The van der Waals surface area contributed by atoms with Crippen molar-refractivity contribution in [2.45, 2.75) is 13.0 Å². The number of hydrogen-bond donors (Lipinski definition) is 1. The lowest BCUT2D eigenvalue weighted by atomic mass is 9.95. The summed E-state index contributed by atoms with van der Waals surface area (Å²) in [6, 6.07) is 17.0. The highest BCUT2D eigenvalue weighted by atomic mass is 16.5. The maximum atomic E-state index is 5.63. The van der Waals surface area contributed by atoms with Crippen LogP contribution in [0, 0.1) is 0 Å². The van der Waals surface area contributed by atoms with Crippen molar-refractivity contribution in [2.75, 3.05) is 39.9 Å². The minimum atomic E-state index is 0.193. The molecule has 128 valence electrons. The third kappa shape index (κ3) is 3.71. The van der Waals surface area contributed by atoms with Crippen molar-refractivity contribution >= 4 is 0 Å². The van der Waals surface area contributed by atoms with E-state index in [1.807, 2.05) is 19.1 Å². The molecule has 4 nitrogen and oxygen atoms in total. The van der Waals surface area contributed by atoms with E-state index in [1.165, 1.54) is 11.1 Å². The molecule has 2 aromatic carbocycles. The van der Waals surface area contributed by atoms with Crippen molar-refractivity contribution in [3.05, 3.63) is 59.7 Å². The Kier molecular flexibility index (Phi) is 5.72. The number of rotatable bonds is 6. The van der Waals surface area contributed by atoms with Gasteiger partial charge in [-0.3, -0.25) is 4.90 Å². The smallest absolute Gasteiger partial charge is 0.123 e. The number of nitrogens with one attached hydrogen (secondary N) is 1. The van der Waals surface area contributed by atoms with Crippen LogP contribution in [0.25, 0.3) is 0 Å². The first-order valence-corrected chi connectivity index (χ1v) is 8.64. The van der Waals surface area contributed by atoms with Gasteiger partial charge in [-0.15, -0.1) is 0 Å². The fourth-order valence-electron chi connectivity index (χ4n) is 3.33. The Morgan fingerprint density at radius 2 is 1.75 bits per heavy atom. The lowest BCUT2D eigenvalue weighted by molar-refractivity contribution is 0.195. The first-order chi connectivity index (χ1) is 11.8. The number of para-hydroxylation sites is 1. The van der Waals surface area contributed by atoms with Crippen molar-refractivity contribution in [1.29, 1.82) is 0 Å². The van der Waals surface area contributed by atoms with Crippen molar-refractivity contribution in [3.8, 4) is 11.5 Å². The van der Waals surface area contributed by atoms with Crippen molar-refractivity contribution in [2.24, 2.45) is 0 Å². The van der Waals surface area contributed by atoms with Gasteiger partial charge in [-0.1, -0.05) is 30.3 Å². The molecule has 1 N–H and O–H groups in total. The second-order valence-electron chi connectivity index (χ2n) is 5.93. The van der Waals surface area contributed by atoms with E-state index < -0.39 is 0 Å². The van der Waals surface area contributed by atoms with Gasteiger partial charge in [0.2, 0.25) is 0 Å². The second kappa shape index (κ2) is 8.18. The predicted molar refractivity (Wildman–Crippen MR) is 96.9 cm³/mol. The van der Waals surface area contributed by atoms with E-state index >= 15 is 0 Å². The van der Waals surface area contributed by atoms with Gasteiger partial charge in [0.25, 0.3) is 0 Å². The van der Waals surface area contributed by atoms with Gasteiger partial charge >= 0.3 is 0 Å². The highest BCUT2D eigenvalue weighted by Gasteiger charge is 2.26. The molecule has 0 bridgehead atoms. The lowest BCUT2D eigenvalue weighted by Gasteiger charge is -2.36. The zero-order chi connectivity index (χ0) is 16.8. The van der Waals surface area contributed by atoms with Gasteiger partial charge in [-0.25, -0.2) is 0 Å². The Balaban J connectivity index is 1.98. The standard InChI is InChI=1S/C20H26N2O2/c1-3-24-17-10-8-16(9-11-17)20(22-14-12-21-13-15-22)18-6-4-5-7-19(18)23-2/h4-11,20-21H,3,12-15H2,1-2H3. The van der Waals surface area contributed by atoms with Crippen LogP contribution in [0.4, 0.5) is 0 Å².